The highest BCUT2D eigenvalue weighted by atomic mass is 19.3. The third-order valence-corrected chi connectivity index (χ3v) is 4.20. The molecule has 1 N–H and O–H groups in total. The molecule has 0 aliphatic rings. The molecule has 1 heterocycles. The number of rotatable bonds is 7. The topological polar surface area (TPSA) is 94.3 Å². The lowest BCUT2D eigenvalue weighted by molar-refractivity contribution is -0.146. The van der Waals surface area contributed by atoms with Gasteiger partial charge in [-0.1, -0.05) is 48.0 Å². The van der Waals surface area contributed by atoms with Crippen LogP contribution in [0.2, 0.25) is 0 Å². The van der Waals surface area contributed by atoms with Gasteiger partial charge in [0.15, 0.2) is 0 Å². The lowest BCUT2D eigenvalue weighted by Gasteiger charge is -2.15. The first kappa shape index (κ1) is 21.1. The zero-order valence-corrected chi connectivity index (χ0v) is 16.3. The Morgan fingerprint density at radius 1 is 1.10 bits per heavy atom. The van der Waals surface area contributed by atoms with Crippen molar-refractivity contribution in [2.45, 2.75) is 25.8 Å². The van der Waals surface area contributed by atoms with E-state index in [-0.39, 0.29) is 17.7 Å². The van der Waals surface area contributed by atoms with Crippen LogP contribution in [0.15, 0.2) is 59.0 Å². The van der Waals surface area contributed by atoms with Gasteiger partial charge >= 0.3 is 11.9 Å². The van der Waals surface area contributed by atoms with Crippen LogP contribution in [0.5, 0.6) is 0 Å². The predicted octanol–water partition coefficient (Wildman–Crippen LogP) is 3.55. The monoisotopic (exact) mass is 415 g/mol. The molecule has 0 bridgehead atoms. The molecule has 1 unspecified atom stereocenters. The van der Waals surface area contributed by atoms with E-state index in [1.807, 2.05) is 6.92 Å². The zero-order valence-electron chi connectivity index (χ0n) is 16.3. The molecule has 0 radical (unpaired) electrons. The summed E-state index contributed by atoms with van der Waals surface area (Å²) in [4.78, 5) is 24.9. The van der Waals surface area contributed by atoms with E-state index in [1.165, 1.54) is 24.3 Å². The number of nitrogens with zero attached hydrogens (tertiary/aromatic N) is 2. The smallest absolute Gasteiger partial charge is 0.349 e. The first-order valence-electron chi connectivity index (χ1n) is 9.14. The lowest BCUT2D eigenvalue weighted by Crippen LogP contribution is -2.35. The number of hydrogen-bond acceptors (Lipinski definition) is 6. The fraction of sp³-hybridized carbons (Fsp3) is 0.238. The minimum absolute atomic E-state index is 0.0108. The van der Waals surface area contributed by atoms with Crippen molar-refractivity contribution in [1.29, 1.82) is 0 Å². The van der Waals surface area contributed by atoms with Crippen molar-refractivity contribution in [3.63, 3.8) is 0 Å². The molecule has 0 fully saturated rings. The van der Waals surface area contributed by atoms with E-state index in [9.17, 15) is 18.4 Å². The van der Waals surface area contributed by atoms with Crippen molar-refractivity contribution in [2.75, 3.05) is 6.61 Å². The Morgan fingerprint density at radius 3 is 2.40 bits per heavy atom. The first-order valence-corrected chi connectivity index (χ1v) is 9.14. The summed E-state index contributed by atoms with van der Waals surface area (Å²) >= 11 is 0. The fourth-order valence-electron chi connectivity index (χ4n) is 2.62. The first-order chi connectivity index (χ1) is 14.3. The SMILES string of the molecule is CCOC(=O)C(NC(=O)c1ccc(C)cc1)c1nnc(C(F)(F)c2ccccc2)o1. The van der Waals surface area contributed by atoms with Crippen LogP contribution in [-0.4, -0.2) is 28.7 Å². The number of amides is 1. The molecule has 3 rings (SSSR count). The largest absolute Gasteiger partial charge is 0.464 e. The average Bonchev–Trinajstić information content (AvgIpc) is 3.24. The number of benzene rings is 2. The number of nitrogens with one attached hydrogen (secondary N) is 1. The van der Waals surface area contributed by atoms with Crippen LogP contribution < -0.4 is 5.32 Å². The van der Waals surface area contributed by atoms with E-state index >= 15 is 0 Å². The Labute approximate surface area is 171 Å². The molecule has 0 spiro atoms. The maximum absolute atomic E-state index is 14.7. The van der Waals surface area contributed by atoms with Crippen LogP contribution in [0.3, 0.4) is 0 Å². The Morgan fingerprint density at radius 2 is 1.77 bits per heavy atom. The summed E-state index contributed by atoms with van der Waals surface area (Å²) in [5.41, 5.74) is 0.860. The van der Waals surface area contributed by atoms with Gasteiger partial charge in [-0.15, -0.1) is 10.2 Å². The molecule has 1 amide bonds. The lowest BCUT2D eigenvalue weighted by atomic mass is 10.1. The molecule has 1 aromatic heterocycles. The van der Waals surface area contributed by atoms with Gasteiger partial charge in [0.2, 0.25) is 6.04 Å². The van der Waals surface area contributed by atoms with Crippen LogP contribution in [0.25, 0.3) is 0 Å². The van der Waals surface area contributed by atoms with Gasteiger partial charge in [-0.2, -0.15) is 8.78 Å². The number of esters is 1. The fourth-order valence-corrected chi connectivity index (χ4v) is 2.62. The van der Waals surface area contributed by atoms with Crippen molar-refractivity contribution in [3.05, 3.63) is 83.1 Å². The maximum Gasteiger partial charge on any atom is 0.349 e. The van der Waals surface area contributed by atoms with Crippen molar-refractivity contribution < 1.29 is 27.5 Å². The Hall–Kier alpha value is -3.62. The van der Waals surface area contributed by atoms with Crippen LogP contribution in [0, 0.1) is 6.92 Å². The molecule has 9 heteroatoms. The molecule has 30 heavy (non-hydrogen) atoms. The van der Waals surface area contributed by atoms with E-state index in [2.05, 4.69) is 15.5 Å². The standard InChI is InChI=1S/C21H19F2N3O4/c1-3-29-19(28)16(24-17(27)14-11-9-13(2)10-12-14)18-25-26-20(30-18)21(22,23)15-7-5-4-6-8-15/h4-12,16H,3H2,1-2H3,(H,24,27). The molecule has 3 aromatic rings. The summed E-state index contributed by atoms with van der Waals surface area (Å²) in [7, 11) is 0. The van der Waals surface area contributed by atoms with Gasteiger partial charge in [-0.05, 0) is 26.0 Å². The highest BCUT2D eigenvalue weighted by Crippen LogP contribution is 2.35. The Balaban J connectivity index is 1.89. The summed E-state index contributed by atoms with van der Waals surface area (Å²) < 4.78 is 39.4. The number of hydrogen-bond donors (Lipinski definition) is 1. The molecular weight excluding hydrogens is 396 g/mol. The molecule has 0 aliphatic carbocycles. The van der Waals surface area contributed by atoms with Gasteiger partial charge in [0.1, 0.15) is 0 Å². The molecule has 7 nitrogen and oxygen atoms in total. The van der Waals surface area contributed by atoms with Crippen molar-refractivity contribution >= 4 is 11.9 Å². The number of ether oxygens (including phenoxy) is 1. The van der Waals surface area contributed by atoms with Gasteiger partial charge in [-0.25, -0.2) is 4.79 Å². The Bertz CT molecular complexity index is 1020. The number of aryl methyl sites for hydroxylation is 1. The quantitative estimate of drug-likeness (QED) is 0.593. The highest BCUT2D eigenvalue weighted by molar-refractivity contribution is 5.96. The zero-order chi connectivity index (χ0) is 21.7. The highest BCUT2D eigenvalue weighted by Gasteiger charge is 2.42. The number of aromatic nitrogens is 2. The van der Waals surface area contributed by atoms with Crippen LogP contribution >= 0.6 is 0 Å². The van der Waals surface area contributed by atoms with Gasteiger partial charge in [0.05, 0.1) is 6.61 Å². The van der Waals surface area contributed by atoms with Crippen LogP contribution in [-0.2, 0) is 15.5 Å². The van der Waals surface area contributed by atoms with Crippen LogP contribution in [0.1, 0.15) is 46.2 Å². The Kier molecular flexibility index (Phi) is 6.20. The van der Waals surface area contributed by atoms with Crippen molar-refractivity contribution in [2.24, 2.45) is 0 Å². The van der Waals surface area contributed by atoms with E-state index in [4.69, 9.17) is 9.15 Å². The second-order valence-electron chi connectivity index (χ2n) is 6.41. The van der Waals surface area contributed by atoms with Crippen molar-refractivity contribution in [3.8, 4) is 0 Å². The van der Waals surface area contributed by atoms with Gasteiger partial charge < -0.3 is 14.5 Å². The number of carbonyl (C=O) groups is 2. The second-order valence-corrected chi connectivity index (χ2v) is 6.41. The molecular formula is C21H19F2N3O4. The van der Waals surface area contributed by atoms with E-state index in [1.54, 1.807) is 37.3 Å². The molecule has 1 atom stereocenters. The summed E-state index contributed by atoms with van der Waals surface area (Å²) in [5, 5.41) is 9.36. The van der Waals surface area contributed by atoms with E-state index < -0.39 is 35.6 Å². The predicted molar refractivity (Wildman–Crippen MR) is 102 cm³/mol. The molecule has 0 saturated heterocycles. The van der Waals surface area contributed by atoms with Gasteiger partial charge in [0, 0.05) is 11.1 Å². The van der Waals surface area contributed by atoms with Gasteiger partial charge in [-0.3, -0.25) is 4.79 Å². The summed E-state index contributed by atoms with van der Waals surface area (Å²) in [6.07, 6.45) is 0. The summed E-state index contributed by atoms with van der Waals surface area (Å²) in [6.45, 7) is 3.44. The second kappa shape index (κ2) is 8.81. The van der Waals surface area contributed by atoms with E-state index in [0.29, 0.717) is 0 Å². The third-order valence-electron chi connectivity index (χ3n) is 4.20. The van der Waals surface area contributed by atoms with Gasteiger partial charge in [0.25, 0.3) is 17.7 Å². The van der Waals surface area contributed by atoms with Crippen molar-refractivity contribution in [1.82, 2.24) is 15.5 Å². The third kappa shape index (κ3) is 4.51. The minimum atomic E-state index is -3.58. The molecule has 156 valence electrons. The molecule has 2 aromatic carbocycles. The van der Waals surface area contributed by atoms with E-state index in [0.717, 1.165) is 5.56 Å². The maximum atomic E-state index is 14.7. The molecule has 0 saturated carbocycles. The minimum Gasteiger partial charge on any atom is -0.464 e. The summed E-state index contributed by atoms with van der Waals surface area (Å²) in [5.74, 6) is -6.60. The number of alkyl halides is 2. The normalized spacial score (nSPS) is 12.3. The number of halogens is 2. The number of carbonyl (C=O) groups excluding carboxylic acids is 2. The molecule has 0 aliphatic heterocycles. The average molecular weight is 415 g/mol. The van der Waals surface area contributed by atoms with Crippen LogP contribution in [0.4, 0.5) is 8.78 Å². The summed E-state index contributed by atoms with van der Waals surface area (Å²) in [6, 6.07) is 12.0.